The molecule has 4 rings (SSSR count). The van der Waals surface area contributed by atoms with Crippen molar-refractivity contribution in [3.05, 3.63) is 33.1 Å². The lowest BCUT2D eigenvalue weighted by Gasteiger charge is -2.49. The predicted octanol–water partition coefficient (Wildman–Crippen LogP) is 3.54. The van der Waals surface area contributed by atoms with Crippen LogP contribution in [0.1, 0.15) is 48.0 Å². The molecule has 32 heavy (non-hydrogen) atoms. The number of hydrogen-bond acceptors (Lipinski definition) is 8. The number of nitrogens with zero attached hydrogens (tertiary/aromatic N) is 2. The Morgan fingerprint density at radius 3 is 2.50 bits per heavy atom. The second-order valence-electron chi connectivity index (χ2n) is 11.3. The van der Waals surface area contributed by atoms with E-state index in [9.17, 15) is 19.4 Å². The third-order valence-electron chi connectivity index (χ3n) is 8.69. The Bertz CT molecular complexity index is 953. The Kier molecular flexibility index (Phi) is 5.12. The molecule has 4 aliphatic carbocycles. The standard InChI is InChI=1S/C24H33N3O5/c1-11(2)21(29)32-18-13(4)16-15-7-12(3)20(28)24(15,27-31)9-14(10-26-30)8-23(16,25)19-17(18)22(19,5)6/h7-8,11,13,15-19H,9-10,25H2,1-6H3/t13-,15?,16?,17?,18?,19?,23?,24?/m0/s1. The Balaban J connectivity index is 1.90. The number of nitroso groups, excluding NO2 is 2. The van der Waals surface area contributed by atoms with E-state index in [4.69, 9.17) is 10.5 Å². The molecule has 0 heterocycles. The Hall–Kier alpha value is -2.22. The molecule has 8 nitrogen and oxygen atoms in total. The topological polar surface area (TPSA) is 128 Å². The number of ketones is 1. The molecule has 0 amide bonds. The zero-order chi connectivity index (χ0) is 23.8. The first-order valence-corrected chi connectivity index (χ1v) is 11.4. The molecule has 0 aromatic heterocycles. The molecule has 7 unspecified atom stereocenters. The minimum absolute atomic E-state index is 0.0327. The lowest BCUT2D eigenvalue weighted by Crippen LogP contribution is -2.61. The summed E-state index contributed by atoms with van der Waals surface area (Å²) in [7, 11) is 0. The predicted molar refractivity (Wildman–Crippen MR) is 119 cm³/mol. The maximum Gasteiger partial charge on any atom is 0.308 e. The average Bonchev–Trinajstić information content (AvgIpc) is 3.25. The molecule has 0 aliphatic heterocycles. The largest absolute Gasteiger partial charge is 0.462 e. The van der Waals surface area contributed by atoms with Crippen LogP contribution in [0.15, 0.2) is 33.7 Å². The second kappa shape index (κ2) is 7.14. The first-order chi connectivity index (χ1) is 14.9. The van der Waals surface area contributed by atoms with Gasteiger partial charge in [0.25, 0.3) is 0 Å². The number of fused-ring (bicyclic) bond motifs is 5. The molecule has 0 aromatic carbocycles. The van der Waals surface area contributed by atoms with Gasteiger partial charge in [-0.1, -0.05) is 57.1 Å². The van der Waals surface area contributed by atoms with Crippen molar-refractivity contribution in [1.29, 1.82) is 0 Å². The average molecular weight is 444 g/mol. The molecule has 174 valence electrons. The van der Waals surface area contributed by atoms with E-state index >= 15 is 0 Å². The summed E-state index contributed by atoms with van der Waals surface area (Å²) < 4.78 is 6.03. The molecule has 0 saturated heterocycles. The number of nitrogens with two attached hydrogens (primary N) is 1. The highest BCUT2D eigenvalue weighted by Crippen LogP contribution is 2.73. The summed E-state index contributed by atoms with van der Waals surface area (Å²) >= 11 is 0. The van der Waals surface area contributed by atoms with Crippen LogP contribution < -0.4 is 5.73 Å². The number of ether oxygens (including phenoxy) is 1. The van der Waals surface area contributed by atoms with Crippen molar-refractivity contribution < 1.29 is 14.3 Å². The molecule has 0 radical (unpaired) electrons. The summed E-state index contributed by atoms with van der Waals surface area (Å²) in [6.07, 6.45) is 3.38. The molecule has 8 heteroatoms. The van der Waals surface area contributed by atoms with E-state index in [2.05, 4.69) is 24.2 Å². The fraction of sp³-hybridized carbons (Fsp3) is 0.750. The molecular weight excluding hydrogens is 410 g/mol. The fourth-order valence-corrected chi connectivity index (χ4v) is 7.36. The summed E-state index contributed by atoms with van der Waals surface area (Å²) in [5.74, 6) is -1.96. The molecule has 2 fully saturated rings. The number of hydrogen-bond donors (Lipinski definition) is 1. The van der Waals surface area contributed by atoms with Crippen molar-refractivity contribution in [2.45, 2.75) is 65.1 Å². The summed E-state index contributed by atoms with van der Waals surface area (Å²) in [5.41, 5.74) is 5.64. The van der Waals surface area contributed by atoms with Crippen LogP contribution >= 0.6 is 0 Å². The highest BCUT2D eigenvalue weighted by Gasteiger charge is 2.77. The van der Waals surface area contributed by atoms with Gasteiger partial charge < -0.3 is 10.5 Å². The monoisotopic (exact) mass is 443 g/mol. The Morgan fingerprint density at radius 1 is 1.28 bits per heavy atom. The van der Waals surface area contributed by atoms with Crippen molar-refractivity contribution in [3.8, 4) is 0 Å². The van der Waals surface area contributed by atoms with Gasteiger partial charge in [0.05, 0.1) is 5.92 Å². The van der Waals surface area contributed by atoms with Crippen molar-refractivity contribution >= 4 is 11.8 Å². The van der Waals surface area contributed by atoms with Crippen molar-refractivity contribution in [1.82, 2.24) is 0 Å². The van der Waals surface area contributed by atoms with Crippen molar-refractivity contribution in [2.24, 2.45) is 57.0 Å². The highest BCUT2D eigenvalue weighted by atomic mass is 16.5. The quantitative estimate of drug-likeness (QED) is 0.393. The van der Waals surface area contributed by atoms with E-state index in [0.29, 0.717) is 11.1 Å². The Morgan fingerprint density at radius 2 is 1.94 bits per heavy atom. The van der Waals surface area contributed by atoms with Crippen LogP contribution in [0, 0.1) is 50.7 Å². The zero-order valence-corrected chi connectivity index (χ0v) is 19.6. The van der Waals surface area contributed by atoms with Crippen LogP contribution in [0.2, 0.25) is 0 Å². The van der Waals surface area contributed by atoms with Crippen LogP contribution in [0.3, 0.4) is 0 Å². The number of carbonyl (C=O) groups is 2. The van der Waals surface area contributed by atoms with E-state index in [1.54, 1.807) is 20.8 Å². The first-order valence-electron chi connectivity index (χ1n) is 11.4. The lowest BCUT2D eigenvalue weighted by atomic mass is 9.59. The van der Waals surface area contributed by atoms with Gasteiger partial charge in [0, 0.05) is 23.8 Å². The first kappa shape index (κ1) is 23.0. The number of rotatable bonds is 5. The van der Waals surface area contributed by atoms with Crippen LogP contribution in [-0.2, 0) is 14.3 Å². The fourth-order valence-electron chi connectivity index (χ4n) is 7.36. The number of carbonyl (C=O) groups excluding carboxylic acids is 2. The van der Waals surface area contributed by atoms with Gasteiger partial charge in [-0.2, -0.15) is 4.91 Å². The normalized spacial score (nSPS) is 43.8. The lowest BCUT2D eigenvalue weighted by molar-refractivity contribution is -0.162. The second-order valence-corrected chi connectivity index (χ2v) is 11.3. The third-order valence-corrected chi connectivity index (χ3v) is 8.69. The summed E-state index contributed by atoms with van der Waals surface area (Å²) in [5, 5.41) is 6.46. The van der Waals surface area contributed by atoms with Gasteiger partial charge in [0.1, 0.15) is 12.6 Å². The van der Waals surface area contributed by atoms with Crippen LogP contribution in [0.4, 0.5) is 0 Å². The maximum absolute atomic E-state index is 13.2. The minimum Gasteiger partial charge on any atom is -0.462 e. The van der Waals surface area contributed by atoms with Gasteiger partial charge in [-0.25, -0.2) is 0 Å². The van der Waals surface area contributed by atoms with E-state index in [1.807, 2.05) is 19.1 Å². The van der Waals surface area contributed by atoms with Crippen LogP contribution in [-0.4, -0.2) is 35.5 Å². The molecular formula is C24H33N3O5. The Labute approximate surface area is 188 Å². The number of Topliss-reactive ketones (excluding diaryl/α,β-unsaturated/α-hetero) is 1. The minimum atomic E-state index is -1.54. The highest BCUT2D eigenvalue weighted by molar-refractivity contribution is 6.06. The number of esters is 1. The van der Waals surface area contributed by atoms with Gasteiger partial charge >= 0.3 is 5.97 Å². The third kappa shape index (κ3) is 2.84. The summed E-state index contributed by atoms with van der Waals surface area (Å²) in [6, 6.07) is 0. The SMILES string of the molecule is CC1=CC2C3[C@H](C)C(OC(=O)C(C)C)C4C(C4(C)C)C3(N)C=C(CN=O)CC2(N=O)C1=O. The summed E-state index contributed by atoms with van der Waals surface area (Å²) in [6.45, 7) is 11.4. The van der Waals surface area contributed by atoms with Crippen LogP contribution in [0.25, 0.3) is 0 Å². The van der Waals surface area contributed by atoms with Crippen molar-refractivity contribution in [3.63, 3.8) is 0 Å². The van der Waals surface area contributed by atoms with Gasteiger partial charge in [-0.3, -0.25) is 9.59 Å². The maximum atomic E-state index is 13.2. The zero-order valence-electron chi connectivity index (χ0n) is 19.6. The van der Waals surface area contributed by atoms with Crippen molar-refractivity contribution in [2.75, 3.05) is 6.54 Å². The smallest absolute Gasteiger partial charge is 0.308 e. The molecule has 0 spiro atoms. The molecule has 0 aromatic rings. The van der Waals surface area contributed by atoms with Gasteiger partial charge in [-0.05, 0) is 41.2 Å². The van der Waals surface area contributed by atoms with Gasteiger partial charge in [0.15, 0.2) is 11.3 Å². The molecule has 8 atom stereocenters. The molecule has 0 bridgehead atoms. The summed E-state index contributed by atoms with van der Waals surface area (Å²) in [4.78, 5) is 49.3. The van der Waals surface area contributed by atoms with Crippen LogP contribution in [0.5, 0.6) is 0 Å². The van der Waals surface area contributed by atoms with E-state index in [0.717, 1.165) is 0 Å². The molecule has 4 aliphatic rings. The molecule has 2 N–H and O–H groups in total. The van der Waals surface area contributed by atoms with E-state index in [-0.39, 0.29) is 65.8 Å². The van der Waals surface area contributed by atoms with E-state index < -0.39 is 17.0 Å². The van der Waals surface area contributed by atoms with E-state index in [1.165, 1.54) is 0 Å². The molecule has 2 saturated carbocycles. The van der Waals surface area contributed by atoms with Gasteiger partial charge in [0.2, 0.25) is 0 Å². The van der Waals surface area contributed by atoms with Gasteiger partial charge in [-0.15, -0.1) is 4.91 Å².